The summed E-state index contributed by atoms with van der Waals surface area (Å²) >= 11 is 0. The molecule has 0 aliphatic heterocycles. The number of hydrogen-bond donors (Lipinski definition) is 0. The highest BCUT2D eigenvalue weighted by atomic mass is 15.0. The summed E-state index contributed by atoms with van der Waals surface area (Å²) < 4.78 is 0. The van der Waals surface area contributed by atoms with Gasteiger partial charge in [0.05, 0.1) is 5.41 Å². The smallest absolute Gasteiger partial charge is 0.164 e. The third kappa shape index (κ3) is 5.15. The van der Waals surface area contributed by atoms with Crippen LogP contribution < -0.4 is 0 Å². The third-order valence-electron chi connectivity index (χ3n) is 14.1. The van der Waals surface area contributed by atoms with Gasteiger partial charge in [-0.15, -0.1) is 0 Å². The van der Waals surface area contributed by atoms with Crippen molar-refractivity contribution in [2.24, 2.45) is 0 Å². The lowest BCUT2D eigenvalue weighted by Gasteiger charge is -2.31. The molecule has 10 aromatic carbocycles. The Morgan fingerprint density at radius 1 is 0.246 bits per heavy atom. The predicted molar refractivity (Wildman–Crippen MR) is 265 cm³/mol. The quantitative estimate of drug-likeness (QED) is 0.174. The van der Waals surface area contributed by atoms with Gasteiger partial charge >= 0.3 is 0 Å². The summed E-state index contributed by atoms with van der Waals surface area (Å²) in [6.07, 6.45) is 0. The average Bonchev–Trinajstić information content (AvgIpc) is 3.99. The molecule has 1 unspecified atom stereocenters. The standard InChI is InChI=1S/C62H37N3/c1-3-15-38(16-4-1)39-29-31-41(32-30-39)60-63-59(40-17-5-2-6-18-40)64-61(65-60)44-20-13-19-42(35-44)43-33-34-48-47-23-9-11-27-53(47)62(55(48)36-43)54-28-12-10-24-50(54)58-51-26-14-25-49-45-21-7-8-22-46(45)52(57(49)51)37-56(58)62/h1-37H. The Morgan fingerprint density at radius 2 is 0.708 bits per heavy atom. The topological polar surface area (TPSA) is 38.7 Å². The molecule has 0 bridgehead atoms. The van der Waals surface area contributed by atoms with Gasteiger partial charge in [-0.3, -0.25) is 0 Å². The molecule has 14 rings (SSSR count). The van der Waals surface area contributed by atoms with Gasteiger partial charge in [-0.25, -0.2) is 15.0 Å². The highest BCUT2D eigenvalue weighted by Gasteiger charge is 2.52. The first-order chi connectivity index (χ1) is 32.2. The van der Waals surface area contributed by atoms with E-state index in [1.807, 2.05) is 24.3 Å². The van der Waals surface area contributed by atoms with Crippen molar-refractivity contribution in [3.8, 4) is 101 Å². The lowest BCUT2D eigenvalue weighted by molar-refractivity contribution is 0.795. The fraction of sp³-hybridized carbons (Fsp3) is 0.0161. The van der Waals surface area contributed by atoms with Crippen LogP contribution in [0.15, 0.2) is 224 Å². The number of nitrogens with zero attached hydrogens (tertiary/aromatic N) is 3. The van der Waals surface area contributed by atoms with E-state index >= 15 is 0 Å². The van der Waals surface area contributed by atoms with E-state index in [9.17, 15) is 0 Å². The van der Waals surface area contributed by atoms with Crippen molar-refractivity contribution >= 4 is 10.8 Å². The van der Waals surface area contributed by atoms with E-state index in [-0.39, 0.29) is 0 Å². The summed E-state index contributed by atoms with van der Waals surface area (Å²) in [4.78, 5) is 15.3. The fourth-order valence-corrected chi connectivity index (χ4v) is 11.3. The minimum atomic E-state index is -0.506. The molecule has 3 aliphatic carbocycles. The molecule has 300 valence electrons. The fourth-order valence-electron chi connectivity index (χ4n) is 11.3. The molecule has 1 spiro atoms. The Balaban J connectivity index is 0.945. The number of aromatic nitrogens is 3. The van der Waals surface area contributed by atoms with Crippen LogP contribution in [0.1, 0.15) is 22.3 Å². The van der Waals surface area contributed by atoms with E-state index in [0.29, 0.717) is 17.5 Å². The van der Waals surface area contributed by atoms with Crippen molar-refractivity contribution in [2.75, 3.05) is 0 Å². The molecule has 0 radical (unpaired) electrons. The van der Waals surface area contributed by atoms with Crippen LogP contribution in [0.2, 0.25) is 0 Å². The molecule has 3 nitrogen and oxygen atoms in total. The van der Waals surface area contributed by atoms with Crippen LogP contribution >= 0.6 is 0 Å². The first kappa shape index (κ1) is 36.0. The minimum Gasteiger partial charge on any atom is -0.208 e. The van der Waals surface area contributed by atoms with E-state index in [1.165, 1.54) is 83.1 Å². The Labute approximate surface area is 377 Å². The van der Waals surface area contributed by atoms with Crippen molar-refractivity contribution in [1.29, 1.82) is 0 Å². The zero-order valence-electron chi connectivity index (χ0n) is 35.2. The lowest BCUT2D eigenvalue weighted by atomic mass is 9.69. The molecule has 3 aliphatic rings. The molecule has 0 saturated carbocycles. The van der Waals surface area contributed by atoms with Gasteiger partial charge in [0.15, 0.2) is 17.5 Å². The number of benzene rings is 10. The van der Waals surface area contributed by atoms with E-state index in [0.717, 1.165) is 33.4 Å². The summed E-state index contributed by atoms with van der Waals surface area (Å²) in [6.45, 7) is 0. The Morgan fingerprint density at radius 3 is 1.45 bits per heavy atom. The predicted octanol–water partition coefficient (Wildman–Crippen LogP) is 15.4. The van der Waals surface area contributed by atoms with Crippen LogP contribution in [0.25, 0.3) is 112 Å². The van der Waals surface area contributed by atoms with Gasteiger partial charge in [0.25, 0.3) is 0 Å². The van der Waals surface area contributed by atoms with Crippen molar-refractivity contribution in [2.45, 2.75) is 5.41 Å². The third-order valence-corrected chi connectivity index (χ3v) is 14.1. The maximum absolute atomic E-state index is 5.17. The first-order valence-corrected chi connectivity index (χ1v) is 22.3. The molecular weight excluding hydrogens is 787 g/mol. The molecule has 0 fully saturated rings. The highest BCUT2D eigenvalue weighted by molar-refractivity contribution is 6.21. The van der Waals surface area contributed by atoms with Gasteiger partial charge in [0.2, 0.25) is 0 Å². The van der Waals surface area contributed by atoms with E-state index in [1.54, 1.807) is 0 Å². The molecule has 65 heavy (non-hydrogen) atoms. The highest BCUT2D eigenvalue weighted by Crippen LogP contribution is 2.66. The molecule has 11 aromatic rings. The molecule has 1 heterocycles. The van der Waals surface area contributed by atoms with Crippen molar-refractivity contribution in [3.63, 3.8) is 0 Å². The number of fused-ring (bicyclic) bond motifs is 14. The summed E-state index contributed by atoms with van der Waals surface area (Å²) in [6, 6.07) is 81.6. The van der Waals surface area contributed by atoms with E-state index in [4.69, 9.17) is 15.0 Å². The van der Waals surface area contributed by atoms with Crippen LogP contribution in [0.5, 0.6) is 0 Å². The van der Waals surface area contributed by atoms with Crippen molar-refractivity contribution in [3.05, 3.63) is 247 Å². The molecule has 0 saturated heterocycles. The van der Waals surface area contributed by atoms with Gasteiger partial charge < -0.3 is 0 Å². The monoisotopic (exact) mass is 823 g/mol. The molecule has 1 atom stereocenters. The SMILES string of the molecule is c1ccc(-c2ccc(-c3nc(-c4ccccc4)nc(-c4cccc(-c5ccc6c(c5)C5(c7ccccc7-6)c6ccccc6-c6c5cc5c7c(cccc67)-c6ccccc6-5)c4)n3)cc2)cc1. The summed E-state index contributed by atoms with van der Waals surface area (Å²) in [7, 11) is 0. The zero-order valence-corrected chi connectivity index (χ0v) is 35.2. The van der Waals surface area contributed by atoms with Gasteiger partial charge in [-0.05, 0) is 118 Å². The normalized spacial score (nSPS) is 14.5. The van der Waals surface area contributed by atoms with E-state index < -0.39 is 5.41 Å². The average molecular weight is 824 g/mol. The lowest BCUT2D eigenvalue weighted by Crippen LogP contribution is -2.26. The van der Waals surface area contributed by atoms with Gasteiger partial charge in [0.1, 0.15) is 0 Å². The summed E-state index contributed by atoms with van der Waals surface area (Å²) in [5.41, 5.74) is 22.7. The molecular formula is C62H37N3. The van der Waals surface area contributed by atoms with Crippen LogP contribution in [0.3, 0.4) is 0 Å². The van der Waals surface area contributed by atoms with Crippen molar-refractivity contribution < 1.29 is 0 Å². The van der Waals surface area contributed by atoms with Gasteiger partial charge in [-0.1, -0.05) is 206 Å². The van der Waals surface area contributed by atoms with Crippen LogP contribution in [0.4, 0.5) is 0 Å². The second-order valence-electron chi connectivity index (χ2n) is 17.4. The first-order valence-electron chi connectivity index (χ1n) is 22.3. The Bertz CT molecular complexity index is 3760. The minimum absolute atomic E-state index is 0.506. The summed E-state index contributed by atoms with van der Waals surface area (Å²) in [5, 5.41) is 2.68. The maximum Gasteiger partial charge on any atom is 0.164 e. The van der Waals surface area contributed by atoms with Gasteiger partial charge in [-0.2, -0.15) is 0 Å². The maximum atomic E-state index is 5.17. The molecule has 0 amide bonds. The molecule has 3 heteroatoms. The number of rotatable bonds is 5. The largest absolute Gasteiger partial charge is 0.208 e. The summed E-state index contributed by atoms with van der Waals surface area (Å²) in [5.74, 6) is 1.92. The zero-order chi connectivity index (χ0) is 42.6. The molecule has 0 N–H and O–H groups in total. The Kier molecular flexibility index (Phi) is 7.61. The van der Waals surface area contributed by atoms with Crippen LogP contribution in [0, 0.1) is 0 Å². The van der Waals surface area contributed by atoms with E-state index in [2.05, 4.69) is 200 Å². The second-order valence-corrected chi connectivity index (χ2v) is 17.4. The Hall–Kier alpha value is -8.53. The van der Waals surface area contributed by atoms with Crippen LogP contribution in [-0.2, 0) is 5.41 Å². The second kappa shape index (κ2) is 13.7. The molecule has 1 aromatic heterocycles. The van der Waals surface area contributed by atoms with Crippen molar-refractivity contribution in [1.82, 2.24) is 15.0 Å². The van der Waals surface area contributed by atoms with Crippen LogP contribution in [-0.4, -0.2) is 15.0 Å². The number of hydrogen-bond acceptors (Lipinski definition) is 3. The van der Waals surface area contributed by atoms with Gasteiger partial charge in [0, 0.05) is 16.7 Å².